The number of benzene rings is 1. The van der Waals surface area contributed by atoms with Crippen LogP contribution in [0.3, 0.4) is 0 Å². The van der Waals surface area contributed by atoms with E-state index in [-0.39, 0.29) is 15.7 Å². The predicted molar refractivity (Wildman–Crippen MR) is 76.9 cm³/mol. The van der Waals surface area contributed by atoms with E-state index in [4.69, 9.17) is 5.11 Å². The first-order valence-corrected chi connectivity index (χ1v) is 8.47. The average Bonchev–Trinajstić information content (AvgIpc) is 2.42. The molecule has 4 nitrogen and oxygen atoms in total. The molecule has 1 saturated carbocycles. The standard InChI is InChI=1S/C15H20O4S/c1-10-8-12(15(16)17)9-14(11(10)2)20(18,19)13-6-4-3-5-7-13/h8-9,13H,3-7H2,1-2H3,(H,16,17). The van der Waals surface area contributed by atoms with Crippen LogP contribution in [0.5, 0.6) is 0 Å². The molecule has 1 aliphatic carbocycles. The second-order valence-electron chi connectivity index (χ2n) is 5.53. The number of rotatable bonds is 3. The van der Waals surface area contributed by atoms with Crippen molar-refractivity contribution < 1.29 is 18.3 Å². The van der Waals surface area contributed by atoms with Crippen molar-refractivity contribution in [2.45, 2.75) is 56.1 Å². The Morgan fingerprint density at radius 2 is 1.75 bits per heavy atom. The smallest absolute Gasteiger partial charge is 0.335 e. The maximum atomic E-state index is 12.7. The molecular weight excluding hydrogens is 276 g/mol. The van der Waals surface area contributed by atoms with Gasteiger partial charge in [0.25, 0.3) is 0 Å². The minimum Gasteiger partial charge on any atom is -0.478 e. The molecule has 0 amide bonds. The van der Waals surface area contributed by atoms with Gasteiger partial charge in [-0.15, -0.1) is 0 Å². The Morgan fingerprint density at radius 3 is 2.30 bits per heavy atom. The Balaban J connectivity index is 2.52. The monoisotopic (exact) mass is 296 g/mol. The van der Waals surface area contributed by atoms with Crippen molar-refractivity contribution >= 4 is 15.8 Å². The summed E-state index contributed by atoms with van der Waals surface area (Å²) in [5, 5.41) is 8.74. The van der Waals surface area contributed by atoms with Gasteiger partial charge in [-0.3, -0.25) is 0 Å². The quantitative estimate of drug-likeness (QED) is 0.930. The summed E-state index contributed by atoms with van der Waals surface area (Å²) in [6.07, 6.45) is 4.30. The first-order chi connectivity index (χ1) is 9.34. The third-order valence-electron chi connectivity index (χ3n) is 4.16. The fraction of sp³-hybridized carbons (Fsp3) is 0.533. The fourth-order valence-corrected chi connectivity index (χ4v) is 4.99. The highest BCUT2D eigenvalue weighted by Gasteiger charge is 2.31. The lowest BCUT2D eigenvalue weighted by Crippen LogP contribution is -2.25. The second-order valence-corrected chi connectivity index (χ2v) is 7.72. The van der Waals surface area contributed by atoms with Gasteiger partial charge in [-0.25, -0.2) is 13.2 Å². The molecule has 0 aliphatic heterocycles. The minimum atomic E-state index is -3.43. The van der Waals surface area contributed by atoms with Gasteiger partial charge in [-0.05, 0) is 49.9 Å². The topological polar surface area (TPSA) is 71.4 Å². The lowest BCUT2D eigenvalue weighted by atomic mass is 10.0. The molecular formula is C15H20O4S. The van der Waals surface area contributed by atoms with Crippen molar-refractivity contribution in [3.63, 3.8) is 0 Å². The molecule has 2 rings (SSSR count). The largest absolute Gasteiger partial charge is 0.478 e. The van der Waals surface area contributed by atoms with E-state index < -0.39 is 15.8 Å². The Kier molecular flexibility index (Phi) is 4.18. The maximum Gasteiger partial charge on any atom is 0.335 e. The van der Waals surface area contributed by atoms with Gasteiger partial charge < -0.3 is 5.11 Å². The van der Waals surface area contributed by atoms with E-state index in [1.54, 1.807) is 13.8 Å². The summed E-state index contributed by atoms with van der Waals surface area (Å²) in [5.74, 6) is -1.09. The normalized spacial score (nSPS) is 17.1. The van der Waals surface area contributed by atoms with Crippen LogP contribution >= 0.6 is 0 Å². The Labute approximate surface area is 119 Å². The lowest BCUT2D eigenvalue weighted by Gasteiger charge is -2.23. The van der Waals surface area contributed by atoms with Gasteiger partial charge in [0.15, 0.2) is 9.84 Å². The molecule has 20 heavy (non-hydrogen) atoms. The highest BCUT2D eigenvalue weighted by molar-refractivity contribution is 7.92. The average molecular weight is 296 g/mol. The number of aryl methyl sites for hydroxylation is 1. The van der Waals surface area contributed by atoms with Crippen molar-refractivity contribution in [3.05, 3.63) is 28.8 Å². The van der Waals surface area contributed by atoms with Crippen molar-refractivity contribution in [1.82, 2.24) is 0 Å². The Bertz CT molecular complexity index is 626. The number of carboxylic acids is 1. The van der Waals surface area contributed by atoms with E-state index in [0.29, 0.717) is 24.0 Å². The number of aromatic carboxylic acids is 1. The van der Waals surface area contributed by atoms with E-state index in [9.17, 15) is 13.2 Å². The predicted octanol–water partition coefficient (Wildman–Crippen LogP) is 3.11. The summed E-state index contributed by atoms with van der Waals surface area (Å²) < 4.78 is 25.5. The summed E-state index contributed by atoms with van der Waals surface area (Å²) in [5.41, 5.74) is 1.42. The molecule has 5 heteroatoms. The van der Waals surface area contributed by atoms with Crippen molar-refractivity contribution in [1.29, 1.82) is 0 Å². The van der Waals surface area contributed by atoms with Crippen LogP contribution in [0.15, 0.2) is 17.0 Å². The van der Waals surface area contributed by atoms with Gasteiger partial charge in [0.05, 0.1) is 15.7 Å². The number of carboxylic acid groups (broad SMARTS) is 1. The van der Waals surface area contributed by atoms with Gasteiger partial charge in [0.2, 0.25) is 0 Å². The fourth-order valence-electron chi connectivity index (χ4n) is 2.80. The number of hydrogen-bond acceptors (Lipinski definition) is 3. The minimum absolute atomic E-state index is 0.0440. The summed E-state index contributed by atoms with van der Waals surface area (Å²) in [6.45, 7) is 3.50. The van der Waals surface area contributed by atoms with Gasteiger partial charge in [0, 0.05) is 0 Å². The summed E-state index contributed by atoms with van der Waals surface area (Å²) >= 11 is 0. The van der Waals surface area contributed by atoms with Crippen LogP contribution in [0.25, 0.3) is 0 Å². The van der Waals surface area contributed by atoms with Crippen LogP contribution in [-0.4, -0.2) is 24.7 Å². The molecule has 0 heterocycles. The van der Waals surface area contributed by atoms with E-state index in [0.717, 1.165) is 19.3 Å². The van der Waals surface area contributed by atoms with Crippen molar-refractivity contribution in [2.75, 3.05) is 0 Å². The highest BCUT2D eigenvalue weighted by Crippen LogP contribution is 2.31. The molecule has 1 aromatic rings. The molecule has 1 aliphatic rings. The zero-order valence-corrected chi connectivity index (χ0v) is 12.7. The molecule has 0 unspecified atom stereocenters. The summed E-state index contributed by atoms with van der Waals surface area (Å²) in [7, 11) is -3.43. The molecule has 0 spiro atoms. The van der Waals surface area contributed by atoms with Crippen LogP contribution in [0.4, 0.5) is 0 Å². The Morgan fingerprint density at radius 1 is 1.15 bits per heavy atom. The van der Waals surface area contributed by atoms with E-state index in [1.807, 2.05) is 0 Å². The van der Waals surface area contributed by atoms with Crippen molar-refractivity contribution in [3.8, 4) is 0 Å². The third-order valence-corrected chi connectivity index (χ3v) is 6.55. The molecule has 0 atom stereocenters. The maximum absolute atomic E-state index is 12.7. The lowest BCUT2D eigenvalue weighted by molar-refractivity contribution is 0.0696. The number of carbonyl (C=O) groups is 1. The zero-order chi connectivity index (χ0) is 14.9. The van der Waals surface area contributed by atoms with Crippen LogP contribution in [0, 0.1) is 13.8 Å². The number of hydrogen-bond donors (Lipinski definition) is 1. The Hall–Kier alpha value is -1.36. The van der Waals surface area contributed by atoms with Gasteiger partial charge >= 0.3 is 5.97 Å². The SMILES string of the molecule is Cc1cc(C(=O)O)cc(S(=O)(=O)C2CCCCC2)c1C. The van der Waals surface area contributed by atoms with Gasteiger partial charge in [0.1, 0.15) is 0 Å². The van der Waals surface area contributed by atoms with E-state index >= 15 is 0 Å². The summed E-state index contributed by atoms with van der Waals surface area (Å²) in [4.78, 5) is 11.3. The zero-order valence-electron chi connectivity index (χ0n) is 11.8. The molecule has 0 radical (unpaired) electrons. The first-order valence-electron chi connectivity index (χ1n) is 6.92. The van der Waals surface area contributed by atoms with E-state index in [1.165, 1.54) is 12.1 Å². The van der Waals surface area contributed by atoms with E-state index in [2.05, 4.69) is 0 Å². The van der Waals surface area contributed by atoms with Crippen LogP contribution in [-0.2, 0) is 9.84 Å². The van der Waals surface area contributed by atoms with Crippen LogP contribution in [0.1, 0.15) is 53.6 Å². The van der Waals surface area contributed by atoms with Gasteiger partial charge in [-0.1, -0.05) is 19.3 Å². The molecule has 1 aromatic carbocycles. The molecule has 0 bridgehead atoms. The highest BCUT2D eigenvalue weighted by atomic mass is 32.2. The third kappa shape index (κ3) is 2.73. The molecule has 1 N–H and O–H groups in total. The second kappa shape index (κ2) is 5.56. The molecule has 0 aromatic heterocycles. The van der Waals surface area contributed by atoms with Crippen molar-refractivity contribution in [2.24, 2.45) is 0 Å². The summed E-state index contributed by atoms with van der Waals surface area (Å²) in [6, 6.07) is 2.84. The number of sulfone groups is 1. The molecule has 1 fully saturated rings. The van der Waals surface area contributed by atoms with Crippen LogP contribution < -0.4 is 0 Å². The molecule has 0 saturated heterocycles. The van der Waals surface area contributed by atoms with Gasteiger partial charge in [-0.2, -0.15) is 0 Å². The first kappa shape index (κ1) is 15.0. The van der Waals surface area contributed by atoms with Crippen LogP contribution in [0.2, 0.25) is 0 Å². The molecule has 110 valence electrons.